The second kappa shape index (κ2) is 8.09. The highest BCUT2D eigenvalue weighted by Crippen LogP contribution is 2.24. The van der Waals surface area contributed by atoms with Gasteiger partial charge in [-0.05, 0) is 30.3 Å². The number of aromatic nitrogens is 2. The summed E-state index contributed by atoms with van der Waals surface area (Å²) in [5.41, 5.74) is 1.72. The van der Waals surface area contributed by atoms with Crippen molar-refractivity contribution in [1.29, 1.82) is 0 Å². The number of amides is 1. The van der Waals surface area contributed by atoms with Gasteiger partial charge in [0.2, 0.25) is 10.0 Å². The van der Waals surface area contributed by atoms with Gasteiger partial charge in [-0.2, -0.15) is 4.72 Å². The molecule has 3 aromatic rings. The Labute approximate surface area is 160 Å². The molecule has 0 aliphatic heterocycles. The van der Waals surface area contributed by atoms with Crippen LogP contribution in [-0.4, -0.2) is 30.8 Å². The van der Waals surface area contributed by atoms with E-state index in [2.05, 4.69) is 25.9 Å². The third kappa shape index (κ3) is 4.57. The molecule has 0 unspecified atom stereocenters. The highest BCUT2D eigenvalue weighted by molar-refractivity contribution is 7.89. The van der Waals surface area contributed by atoms with Crippen LogP contribution in [0, 0.1) is 12.3 Å². The molecule has 0 atom stereocenters. The van der Waals surface area contributed by atoms with Gasteiger partial charge in [0.15, 0.2) is 5.13 Å². The van der Waals surface area contributed by atoms with Gasteiger partial charge >= 0.3 is 0 Å². The Morgan fingerprint density at radius 3 is 2.85 bits per heavy atom. The number of terminal acetylenes is 1. The molecule has 0 aliphatic carbocycles. The molecule has 1 amide bonds. The topological polar surface area (TPSA) is 101 Å². The van der Waals surface area contributed by atoms with Crippen LogP contribution in [0.5, 0.6) is 0 Å². The number of hydrogen-bond donors (Lipinski definition) is 2. The molecule has 136 valence electrons. The van der Waals surface area contributed by atoms with Crippen LogP contribution in [0.2, 0.25) is 0 Å². The van der Waals surface area contributed by atoms with Gasteiger partial charge in [-0.15, -0.1) is 17.8 Å². The average molecular weight is 398 g/mol. The highest BCUT2D eigenvalue weighted by atomic mass is 32.2. The van der Waals surface area contributed by atoms with Gasteiger partial charge in [0, 0.05) is 28.9 Å². The Balaban J connectivity index is 1.77. The van der Waals surface area contributed by atoms with E-state index in [-0.39, 0.29) is 17.0 Å². The van der Waals surface area contributed by atoms with Crippen LogP contribution >= 0.6 is 11.3 Å². The van der Waals surface area contributed by atoms with Crippen LogP contribution in [-0.2, 0) is 10.0 Å². The van der Waals surface area contributed by atoms with Crippen molar-refractivity contribution in [2.24, 2.45) is 0 Å². The highest BCUT2D eigenvalue weighted by Gasteiger charge is 2.16. The van der Waals surface area contributed by atoms with Crippen LogP contribution < -0.4 is 10.0 Å². The first-order chi connectivity index (χ1) is 13.0. The Hall–Kier alpha value is -3.06. The smallest absolute Gasteiger partial charge is 0.257 e. The SMILES string of the molecule is C#CCNS(=O)(=O)c1cccc(C(=O)Nc2nc(-c3cccnc3)cs2)c1. The molecule has 0 bridgehead atoms. The van der Waals surface area contributed by atoms with Crippen molar-refractivity contribution in [3.8, 4) is 23.6 Å². The van der Waals surface area contributed by atoms with Crippen LogP contribution in [0.25, 0.3) is 11.3 Å². The van der Waals surface area contributed by atoms with Crippen LogP contribution in [0.1, 0.15) is 10.4 Å². The summed E-state index contributed by atoms with van der Waals surface area (Å²) >= 11 is 1.26. The molecule has 0 saturated carbocycles. The van der Waals surface area contributed by atoms with Gasteiger partial charge in [0.25, 0.3) is 5.91 Å². The second-order valence-corrected chi connectivity index (χ2v) is 7.92. The first-order valence-corrected chi connectivity index (χ1v) is 10.1. The predicted octanol–water partition coefficient (Wildman–Crippen LogP) is 2.37. The number of carbonyl (C=O) groups is 1. The molecule has 9 heteroatoms. The van der Waals surface area contributed by atoms with E-state index >= 15 is 0 Å². The van der Waals surface area contributed by atoms with E-state index in [1.807, 2.05) is 6.07 Å². The van der Waals surface area contributed by atoms with Gasteiger partial charge in [-0.25, -0.2) is 13.4 Å². The minimum Gasteiger partial charge on any atom is -0.298 e. The van der Waals surface area contributed by atoms with Crippen LogP contribution in [0.4, 0.5) is 5.13 Å². The fourth-order valence-electron chi connectivity index (χ4n) is 2.17. The number of rotatable bonds is 6. The van der Waals surface area contributed by atoms with Crippen molar-refractivity contribution < 1.29 is 13.2 Å². The first-order valence-electron chi connectivity index (χ1n) is 7.70. The first kappa shape index (κ1) is 18.7. The van der Waals surface area contributed by atoms with E-state index in [0.717, 1.165) is 5.56 Å². The normalized spacial score (nSPS) is 10.9. The van der Waals surface area contributed by atoms with Crippen LogP contribution in [0.3, 0.4) is 0 Å². The summed E-state index contributed by atoms with van der Waals surface area (Å²) in [5.74, 6) is 1.74. The Morgan fingerprint density at radius 1 is 1.26 bits per heavy atom. The lowest BCUT2D eigenvalue weighted by Gasteiger charge is -2.06. The third-order valence-electron chi connectivity index (χ3n) is 3.45. The molecule has 2 N–H and O–H groups in total. The van der Waals surface area contributed by atoms with E-state index in [9.17, 15) is 13.2 Å². The number of carbonyl (C=O) groups excluding carboxylic acids is 1. The van der Waals surface area contributed by atoms with Gasteiger partial charge in [-0.1, -0.05) is 12.0 Å². The summed E-state index contributed by atoms with van der Waals surface area (Å²) in [7, 11) is -3.78. The molecule has 2 heterocycles. The number of sulfonamides is 1. The minimum absolute atomic E-state index is 0.0411. The van der Waals surface area contributed by atoms with Crippen molar-refractivity contribution in [3.63, 3.8) is 0 Å². The standard InChI is InChI=1S/C18H14N4O3S2/c1-2-8-20-27(24,25)15-7-3-5-13(10-15)17(23)22-18-21-16(12-26-18)14-6-4-9-19-11-14/h1,3-7,9-12,20H,8H2,(H,21,22,23). The third-order valence-corrected chi connectivity index (χ3v) is 5.61. The van der Waals surface area contributed by atoms with E-state index in [1.165, 1.54) is 35.6 Å². The fraction of sp³-hybridized carbons (Fsp3) is 0.0556. The lowest BCUT2D eigenvalue weighted by Crippen LogP contribution is -2.24. The zero-order chi connectivity index (χ0) is 19.3. The number of benzene rings is 1. The maximum atomic E-state index is 12.4. The summed E-state index contributed by atoms with van der Waals surface area (Å²) < 4.78 is 26.5. The maximum Gasteiger partial charge on any atom is 0.257 e. The molecular weight excluding hydrogens is 384 g/mol. The Morgan fingerprint density at radius 2 is 2.11 bits per heavy atom. The summed E-state index contributed by atoms with van der Waals surface area (Å²) in [6, 6.07) is 9.34. The lowest BCUT2D eigenvalue weighted by atomic mass is 10.2. The molecule has 27 heavy (non-hydrogen) atoms. The molecule has 1 aromatic carbocycles. The van der Waals surface area contributed by atoms with Gasteiger partial charge in [-0.3, -0.25) is 15.1 Å². The number of pyridine rings is 1. The minimum atomic E-state index is -3.78. The Kier molecular flexibility index (Phi) is 5.61. The fourth-order valence-corrected chi connectivity index (χ4v) is 3.87. The van der Waals surface area contributed by atoms with Crippen molar-refractivity contribution in [2.45, 2.75) is 4.90 Å². The van der Waals surface area contributed by atoms with Crippen LogP contribution in [0.15, 0.2) is 59.1 Å². The molecule has 0 radical (unpaired) electrons. The van der Waals surface area contributed by atoms with Crippen molar-refractivity contribution in [1.82, 2.24) is 14.7 Å². The quantitative estimate of drug-likeness (QED) is 0.621. The van der Waals surface area contributed by atoms with E-state index < -0.39 is 15.9 Å². The Bertz CT molecular complexity index is 1100. The monoisotopic (exact) mass is 398 g/mol. The average Bonchev–Trinajstić information content (AvgIpc) is 3.16. The number of nitrogens with one attached hydrogen (secondary N) is 2. The summed E-state index contributed by atoms with van der Waals surface area (Å²) in [6.07, 6.45) is 8.41. The largest absolute Gasteiger partial charge is 0.298 e. The summed E-state index contributed by atoms with van der Waals surface area (Å²) in [6.45, 7) is -0.130. The molecule has 0 spiro atoms. The van der Waals surface area contributed by atoms with Gasteiger partial charge < -0.3 is 0 Å². The second-order valence-electron chi connectivity index (χ2n) is 5.29. The van der Waals surface area contributed by atoms with Gasteiger partial charge in [0.05, 0.1) is 17.1 Å². The number of anilines is 1. The molecular formula is C18H14N4O3S2. The molecule has 2 aromatic heterocycles. The molecule has 3 rings (SSSR count). The van der Waals surface area contributed by atoms with Gasteiger partial charge in [0.1, 0.15) is 0 Å². The number of hydrogen-bond acceptors (Lipinski definition) is 6. The zero-order valence-electron chi connectivity index (χ0n) is 13.9. The lowest BCUT2D eigenvalue weighted by molar-refractivity contribution is 0.102. The molecule has 0 saturated heterocycles. The van der Waals surface area contributed by atoms with Crippen molar-refractivity contribution in [3.05, 3.63) is 59.7 Å². The molecule has 0 fully saturated rings. The van der Waals surface area contributed by atoms with E-state index in [1.54, 1.807) is 23.8 Å². The molecule has 0 aliphatic rings. The van der Waals surface area contributed by atoms with E-state index in [0.29, 0.717) is 10.8 Å². The predicted molar refractivity (Wildman–Crippen MR) is 104 cm³/mol. The van der Waals surface area contributed by atoms with Crippen molar-refractivity contribution in [2.75, 3.05) is 11.9 Å². The van der Waals surface area contributed by atoms with E-state index in [4.69, 9.17) is 6.42 Å². The van der Waals surface area contributed by atoms with Crippen molar-refractivity contribution >= 4 is 32.4 Å². The maximum absolute atomic E-state index is 12.4. The number of thiazole rings is 1. The summed E-state index contributed by atoms with van der Waals surface area (Å²) in [4.78, 5) is 20.8. The summed E-state index contributed by atoms with van der Waals surface area (Å²) in [5, 5.41) is 4.87. The number of nitrogens with zero attached hydrogens (tertiary/aromatic N) is 2. The molecule has 7 nitrogen and oxygen atoms in total. The zero-order valence-corrected chi connectivity index (χ0v) is 15.5.